The van der Waals surface area contributed by atoms with Gasteiger partial charge in [0.2, 0.25) is 0 Å². The van der Waals surface area contributed by atoms with Gasteiger partial charge in [0, 0.05) is 25.0 Å². The zero-order chi connectivity index (χ0) is 69.1. The van der Waals surface area contributed by atoms with Gasteiger partial charge in [-0.3, -0.25) is 19.2 Å². The zero-order valence-corrected chi connectivity index (χ0v) is 59.1. The first-order chi connectivity index (χ1) is 44.9. The molecule has 4 aromatic carbocycles. The first-order valence-corrected chi connectivity index (χ1v) is 35.4. The second kappa shape index (κ2) is 42.3. The molecule has 0 radical (unpaired) electrons. The Labute approximate surface area is 561 Å². The number of rotatable bonds is 28. The standard InChI is InChI=1S/C24H24N2O3.C19H36N2O3.C16H30N2O3.C15H28N2O3/c1-3-15(2)23(27)29-13-12-25-24(28)26-20-14-18-8-4-6-16-10-11-17-7-5-9-19(20)22(17)21(16)18;1-6-19(4,5)17(22)24-12-11-20-18(23)21-13-15-7-9-16(10-8-15)14(2)3;1-4-16(2,3)14(19)21-11-10-17-15(20)18-12-13-8-6-5-7-9-13;1-3-12(2)14(18)20-10-9-16-15(19)17-11-13-7-5-4-6-8-13/h4-11,14-15H,3,12-13H2,1-2H3,(H2,25,26,28);14-16H,6-13H2,1-5H3,(H2,20,21,23);13H,4-12H2,1-3H3,(H2,17,18,20);12-13H,3-11H2,1-2H3,(H2,16,17,19). The molecule has 0 spiro atoms. The highest BCUT2D eigenvalue weighted by molar-refractivity contribution is 6.26. The summed E-state index contributed by atoms with van der Waals surface area (Å²) < 4.78 is 20.6. The molecule has 2 atom stereocenters. The fourth-order valence-electron chi connectivity index (χ4n) is 11.3. The maximum atomic E-state index is 12.4. The summed E-state index contributed by atoms with van der Waals surface area (Å²) >= 11 is 0. The number of amides is 8. The molecule has 20 nitrogen and oxygen atoms in total. The number of nitrogens with one attached hydrogen (secondary N) is 8. The molecule has 3 saturated carbocycles. The van der Waals surface area contributed by atoms with Gasteiger partial charge in [-0.25, -0.2) is 19.2 Å². The first-order valence-electron chi connectivity index (χ1n) is 35.4. The summed E-state index contributed by atoms with van der Waals surface area (Å²) in [6, 6.07) is 17.7. The smallest absolute Gasteiger partial charge is 0.319 e. The average molecular weight is 1310 g/mol. The Morgan fingerprint density at radius 1 is 0.436 bits per heavy atom. The summed E-state index contributed by atoms with van der Waals surface area (Å²) in [5, 5.41) is 29.4. The van der Waals surface area contributed by atoms with Crippen molar-refractivity contribution < 1.29 is 57.3 Å². The Morgan fingerprint density at radius 3 is 1.21 bits per heavy atom. The molecule has 20 heteroatoms. The quantitative estimate of drug-likeness (QED) is 0.0114. The molecule has 8 amide bonds. The fraction of sp³-hybridized carbons (Fsp3) is 0.676. The lowest BCUT2D eigenvalue weighted by molar-refractivity contribution is -0.154. The maximum absolute atomic E-state index is 12.4. The molecule has 0 aromatic heterocycles. The van der Waals surface area contributed by atoms with Crippen molar-refractivity contribution in [2.75, 3.05) is 77.6 Å². The Balaban J connectivity index is 0.000000270. The van der Waals surface area contributed by atoms with E-state index in [0.717, 1.165) is 84.4 Å². The van der Waals surface area contributed by atoms with Crippen LogP contribution >= 0.6 is 0 Å². The molecule has 526 valence electrons. The van der Waals surface area contributed by atoms with Crippen LogP contribution < -0.4 is 42.5 Å². The predicted octanol–water partition coefficient (Wildman–Crippen LogP) is 14.3. The number of ether oxygens (including phenoxy) is 4. The van der Waals surface area contributed by atoms with E-state index < -0.39 is 10.8 Å². The number of hydrogen-bond acceptors (Lipinski definition) is 12. The molecule has 3 aliphatic rings. The Hall–Kier alpha value is -7.12. The van der Waals surface area contributed by atoms with Gasteiger partial charge < -0.3 is 61.5 Å². The average Bonchev–Trinajstić information content (AvgIpc) is 0.742. The van der Waals surface area contributed by atoms with Gasteiger partial charge in [-0.05, 0) is 167 Å². The lowest BCUT2D eigenvalue weighted by Gasteiger charge is -2.30. The van der Waals surface area contributed by atoms with E-state index in [0.29, 0.717) is 37.4 Å². The maximum Gasteiger partial charge on any atom is 0.319 e. The first kappa shape index (κ1) is 79.3. The van der Waals surface area contributed by atoms with E-state index in [1.165, 1.54) is 101 Å². The Bertz CT molecular complexity index is 2930. The van der Waals surface area contributed by atoms with Crippen molar-refractivity contribution in [3.63, 3.8) is 0 Å². The minimum absolute atomic E-state index is 0.0740. The van der Waals surface area contributed by atoms with Gasteiger partial charge in [-0.15, -0.1) is 0 Å². The van der Waals surface area contributed by atoms with Gasteiger partial charge in [0.1, 0.15) is 26.4 Å². The van der Waals surface area contributed by atoms with Crippen LogP contribution in [0.3, 0.4) is 0 Å². The molecule has 3 aliphatic carbocycles. The van der Waals surface area contributed by atoms with E-state index in [1.807, 2.05) is 93.5 Å². The summed E-state index contributed by atoms with van der Waals surface area (Å²) in [5.41, 5.74) is -0.156. The minimum Gasteiger partial charge on any atom is -0.464 e. The molecule has 0 bridgehead atoms. The second-order valence-corrected chi connectivity index (χ2v) is 27.5. The van der Waals surface area contributed by atoms with E-state index in [9.17, 15) is 38.4 Å². The molecule has 7 rings (SSSR count). The summed E-state index contributed by atoms with van der Waals surface area (Å²) in [5.74, 6) is 2.38. The fourth-order valence-corrected chi connectivity index (χ4v) is 11.3. The van der Waals surface area contributed by atoms with Crippen LogP contribution in [0.15, 0.2) is 54.6 Å². The van der Waals surface area contributed by atoms with Crippen molar-refractivity contribution in [3.05, 3.63) is 54.6 Å². The molecular weight excluding hydrogens is 1190 g/mol. The predicted molar refractivity (Wildman–Crippen MR) is 376 cm³/mol. The molecular formula is C74H118N8O12. The number of esters is 4. The van der Waals surface area contributed by atoms with Crippen molar-refractivity contribution in [2.45, 2.75) is 199 Å². The third kappa shape index (κ3) is 28.5. The van der Waals surface area contributed by atoms with E-state index in [2.05, 4.69) is 86.7 Å². The van der Waals surface area contributed by atoms with Crippen molar-refractivity contribution >= 4 is 86.0 Å². The second-order valence-electron chi connectivity index (χ2n) is 27.5. The molecule has 0 aliphatic heterocycles. The van der Waals surface area contributed by atoms with E-state index in [1.54, 1.807) is 0 Å². The summed E-state index contributed by atoms with van der Waals surface area (Å²) in [4.78, 5) is 94.0. The summed E-state index contributed by atoms with van der Waals surface area (Å²) in [7, 11) is 0. The van der Waals surface area contributed by atoms with Crippen molar-refractivity contribution in [3.8, 4) is 0 Å². The number of hydrogen-bond donors (Lipinski definition) is 8. The van der Waals surface area contributed by atoms with Gasteiger partial charge >= 0.3 is 48.0 Å². The highest BCUT2D eigenvalue weighted by Crippen LogP contribution is 2.39. The topological polar surface area (TPSA) is 270 Å². The van der Waals surface area contributed by atoms with Crippen LogP contribution in [0, 0.1) is 52.3 Å². The molecule has 4 aromatic rings. The van der Waals surface area contributed by atoms with Crippen LogP contribution in [0.1, 0.15) is 199 Å². The lowest BCUT2D eigenvalue weighted by Crippen LogP contribution is -2.40. The summed E-state index contributed by atoms with van der Waals surface area (Å²) in [6.07, 6.45) is 20.5. The van der Waals surface area contributed by atoms with Crippen LogP contribution in [0.5, 0.6) is 0 Å². The normalized spacial score (nSPS) is 16.6. The van der Waals surface area contributed by atoms with Gasteiger partial charge in [0.25, 0.3) is 0 Å². The van der Waals surface area contributed by atoms with Gasteiger partial charge in [-0.1, -0.05) is 142 Å². The molecule has 3 fully saturated rings. The Kier molecular flexibility index (Phi) is 35.7. The van der Waals surface area contributed by atoms with E-state index in [-0.39, 0.29) is 92.8 Å². The highest BCUT2D eigenvalue weighted by atomic mass is 16.5. The molecule has 0 heterocycles. The number of urea groups is 4. The number of benzene rings is 4. The minimum atomic E-state index is -0.461. The van der Waals surface area contributed by atoms with Crippen LogP contribution in [0.4, 0.5) is 24.9 Å². The van der Waals surface area contributed by atoms with Crippen molar-refractivity contribution in [2.24, 2.45) is 52.3 Å². The van der Waals surface area contributed by atoms with E-state index >= 15 is 0 Å². The third-order valence-electron chi connectivity index (χ3n) is 19.1. The van der Waals surface area contributed by atoms with Gasteiger partial charge in [0.05, 0.1) is 54.5 Å². The van der Waals surface area contributed by atoms with E-state index in [4.69, 9.17) is 18.9 Å². The Morgan fingerprint density at radius 2 is 0.809 bits per heavy atom. The van der Waals surface area contributed by atoms with Crippen molar-refractivity contribution in [1.29, 1.82) is 0 Å². The largest absolute Gasteiger partial charge is 0.464 e. The molecule has 0 saturated heterocycles. The molecule has 8 N–H and O–H groups in total. The van der Waals surface area contributed by atoms with Gasteiger partial charge in [-0.2, -0.15) is 0 Å². The van der Waals surface area contributed by atoms with Crippen LogP contribution in [0.25, 0.3) is 32.3 Å². The summed E-state index contributed by atoms with van der Waals surface area (Å²) in [6.45, 7) is 27.9. The lowest BCUT2D eigenvalue weighted by atomic mass is 9.77. The van der Waals surface area contributed by atoms with Crippen molar-refractivity contribution in [1.82, 2.24) is 37.2 Å². The highest BCUT2D eigenvalue weighted by Gasteiger charge is 2.29. The number of carbonyl (C=O) groups excluding carboxylic acids is 8. The zero-order valence-electron chi connectivity index (χ0n) is 59.1. The third-order valence-corrected chi connectivity index (χ3v) is 19.1. The number of carbonyl (C=O) groups is 8. The number of anilines is 1. The monoisotopic (exact) mass is 1310 g/mol. The molecule has 94 heavy (non-hydrogen) atoms. The molecule has 2 unspecified atom stereocenters. The van der Waals surface area contributed by atoms with Crippen LogP contribution in [-0.4, -0.2) is 120 Å². The van der Waals surface area contributed by atoms with Crippen LogP contribution in [-0.2, 0) is 38.1 Å². The SMILES string of the molecule is CCC(C)(C)C(=O)OCCNC(=O)NCC1CCC(C(C)C)CC1.CCC(C)(C)C(=O)OCCNC(=O)NCC1CCCCC1.CCC(C)C(=O)OCCNC(=O)NCC1CCCCC1.CCC(C)C(=O)OCCNC(=O)Nc1cc2cccc3ccc4cccc1c4c32. The van der Waals surface area contributed by atoms with Gasteiger partial charge in [0.15, 0.2) is 0 Å². The van der Waals surface area contributed by atoms with Crippen LogP contribution in [0.2, 0.25) is 0 Å².